The molecular formula is C12H34O2. The minimum Gasteiger partial charge on any atom is -0.355 e. The fraction of sp³-hybridized carbons (Fsp3) is 1.00. The fourth-order valence-electron chi connectivity index (χ4n) is 0.468. The van der Waals surface area contributed by atoms with Crippen LogP contribution in [0, 0.1) is 5.92 Å². The Hall–Kier alpha value is -0.0800. The van der Waals surface area contributed by atoms with Crippen LogP contribution in [0.15, 0.2) is 0 Å². The van der Waals surface area contributed by atoms with Crippen LogP contribution in [0.1, 0.15) is 57.4 Å². The van der Waals surface area contributed by atoms with E-state index in [4.69, 9.17) is 9.47 Å². The molecule has 0 aromatic rings. The average Bonchev–Trinajstić information content (AvgIpc) is 1.79. The second kappa shape index (κ2) is 18.7. The molecule has 0 amide bonds. The molecule has 0 heterocycles. The Kier molecular flexibility index (Phi) is 38.9. The molecule has 0 spiro atoms. The van der Waals surface area contributed by atoms with Crippen molar-refractivity contribution in [2.75, 3.05) is 13.4 Å². The summed E-state index contributed by atoms with van der Waals surface area (Å²) in [4.78, 5) is 0. The highest BCUT2D eigenvalue weighted by Gasteiger charge is 1.94. The Bertz CT molecular complexity index is 60.7. The van der Waals surface area contributed by atoms with Crippen molar-refractivity contribution in [2.45, 2.75) is 63.5 Å². The van der Waals surface area contributed by atoms with Crippen LogP contribution in [0.4, 0.5) is 0 Å². The molecule has 0 aliphatic rings. The molecule has 0 bridgehead atoms. The highest BCUT2D eigenvalue weighted by atomic mass is 16.7. The third-order valence-corrected chi connectivity index (χ3v) is 0.936. The van der Waals surface area contributed by atoms with Crippen LogP contribution in [0.5, 0.6) is 0 Å². The minimum absolute atomic E-state index is 0. The van der Waals surface area contributed by atoms with Gasteiger partial charge in [-0.3, -0.25) is 0 Å². The lowest BCUT2D eigenvalue weighted by atomic mass is 10.2. The van der Waals surface area contributed by atoms with Gasteiger partial charge in [-0.05, 0) is 19.8 Å². The SMILES string of the molecule is C.C.C.C.CC(C)COCOC(C)C. The molecule has 0 aliphatic heterocycles. The van der Waals surface area contributed by atoms with Gasteiger partial charge in [0.15, 0.2) is 0 Å². The predicted octanol–water partition coefficient (Wildman–Crippen LogP) is 4.59. The third-order valence-electron chi connectivity index (χ3n) is 0.936. The number of hydrogen-bond donors (Lipinski definition) is 0. The lowest BCUT2D eigenvalue weighted by Crippen LogP contribution is -2.10. The van der Waals surface area contributed by atoms with Crippen molar-refractivity contribution in [1.82, 2.24) is 0 Å². The first-order chi connectivity index (χ1) is 4.63. The van der Waals surface area contributed by atoms with E-state index in [1.807, 2.05) is 13.8 Å². The lowest BCUT2D eigenvalue weighted by Gasteiger charge is -2.09. The van der Waals surface area contributed by atoms with Gasteiger partial charge >= 0.3 is 0 Å². The summed E-state index contributed by atoms with van der Waals surface area (Å²) >= 11 is 0. The third kappa shape index (κ3) is 29.7. The van der Waals surface area contributed by atoms with E-state index in [2.05, 4.69) is 13.8 Å². The van der Waals surface area contributed by atoms with E-state index in [-0.39, 0.29) is 35.8 Å². The average molecular weight is 210 g/mol. The zero-order valence-corrected chi connectivity index (χ0v) is 7.39. The van der Waals surface area contributed by atoms with Crippen molar-refractivity contribution < 1.29 is 9.47 Å². The van der Waals surface area contributed by atoms with Crippen molar-refractivity contribution in [3.8, 4) is 0 Å². The van der Waals surface area contributed by atoms with Crippen LogP contribution in [0.25, 0.3) is 0 Å². The topological polar surface area (TPSA) is 18.5 Å². The minimum atomic E-state index is 0. The summed E-state index contributed by atoms with van der Waals surface area (Å²) in [6.45, 7) is 9.45. The van der Waals surface area contributed by atoms with Crippen LogP contribution in [-0.2, 0) is 9.47 Å². The quantitative estimate of drug-likeness (QED) is 0.488. The van der Waals surface area contributed by atoms with Crippen LogP contribution < -0.4 is 0 Å². The number of ether oxygens (including phenoxy) is 2. The first-order valence-electron chi connectivity index (χ1n) is 3.82. The molecular weight excluding hydrogens is 176 g/mol. The smallest absolute Gasteiger partial charge is 0.147 e. The predicted molar refractivity (Wildman–Crippen MR) is 68.8 cm³/mol. The molecule has 14 heavy (non-hydrogen) atoms. The molecule has 2 nitrogen and oxygen atoms in total. The summed E-state index contributed by atoms with van der Waals surface area (Å²) in [6.07, 6.45) is 0.271. The second-order valence-corrected chi connectivity index (χ2v) is 3.10. The Morgan fingerprint density at radius 2 is 1.29 bits per heavy atom. The summed E-state index contributed by atoms with van der Waals surface area (Å²) in [5.74, 6) is 0.593. The van der Waals surface area contributed by atoms with Crippen LogP contribution in [0.3, 0.4) is 0 Å². The maximum absolute atomic E-state index is 5.18. The number of hydrogen-bond acceptors (Lipinski definition) is 2. The molecule has 0 saturated carbocycles. The van der Waals surface area contributed by atoms with Crippen molar-refractivity contribution in [2.24, 2.45) is 5.92 Å². The summed E-state index contributed by atoms with van der Waals surface area (Å²) < 4.78 is 10.4. The molecule has 2 heteroatoms. The summed E-state index contributed by atoms with van der Waals surface area (Å²) in [6, 6.07) is 0. The Morgan fingerprint density at radius 3 is 1.57 bits per heavy atom. The maximum atomic E-state index is 5.18. The van der Waals surface area contributed by atoms with Gasteiger partial charge in [0.1, 0.15) is 6.79 Å². The Balaban J connectivity index is -0.0000000675. The van der Waals surface area contributed by atoms with E-state index in [0.717, 1.165) is 6.61 Å². The van der Waals surface area contributed by atoms with Gasteiger partial charge in [0.05, 0.1) is 12.7 Å². The molecule has 0 rings (SSSR count). The molecule has 0 fully saturated rings. The van der Waals surface area contributed by atoms with E-state index >= 15 is 0 Å². The van der Waals surface area contributed by atoms with Gasteiger partial charge in [-0.1, -0.05) is 43.6 Å². The summed E-state index contributed by atoms with van der Waals surface area (Å²) in [5.41, 5.74) is 0. The maximum Gasteiger partial charge on any atom is 0.147 e. The van der Waals surface area contributed by atoms with E-state index < -0.39 is 0 Å². The first kappa shape index (κ1) is 29.2. The van der Waals surface area contributed by atoms with Crippen molar-refractivity contribution in [3.05, 3.63) is 0 Å². The van der Waals surface area contributed by atoms with E-state index in [0.29, 0.717) is 12.7 Å². The Morgan fingerprint density at radius 1 is 0.857 bits per heavy atom. The number of rotatable bonds is 5. The molecule has 94 valence electrons. The van der Waals surface area contributed by atoms with Gasteiger partial charge < -0.3 is 9.47 Å². The van der Waals surface area contributed by atoms with E-state index in [1.54, 1.807) is 0 Å². The molecule has 0 aromatic heterocycles. The van der Waals surface area contributed by atoms with Gasteiger partial charge in [0.2, 0.25) is 0 Å². The second-order valence-electron chi connectivity index (χ2n) is 3.10. The standard InChI is InChI=1S/C8H18O2.4CH4/c1-7(2)5-9-6-10-8(3)4;;;;/h7-8H,5-6H2,1-4H3;4*1H4. The van der Waals surface area contributed by atoms with E-state index in [1.165, 1.54) is 0 Å². The highest BCUT2D eigenvalue weighted by Crippen LogP contribution is 1.93. The molecule has 0 unspecified atom stereocenters. The molecule has 0 aromatic carbocycles. The molecule has 0 atom stereocenters. The van der Waals surface area contributed by atoms with Crippen LogP contribution >= 0.6 is 0 Å². The van der Waals surface area contributed by atoms with Gasteiger partial charge in [-0.2, -0.15) is 0 Å². The van der Waals surface area contributed by atoms with E-state index in [9.17, 15) is 0 Å². The highest BCUT2D eigenvalue weighted by molar-refractivity contribution is 4.37. The zero-order chi connectivity index (χ0) is 7.98. The molecule has 0 saturated heterocycles. The normalized spacial score (nSPS) is 8.14. The van der Waals surface area contributed by atoms with Gasteiger partial charge in [0, 0.05) is 0 Å². The molecule has 0 radical (unpaired) electrons. The van der Waals surface area contributed by atoms with Crippen molar-refractivity contribution in [1.29, 1.82) is 0 Å². The van der Waals surface area contributed by atoms with Gasteiger partial charge in [0.25, 0.3) is 0 Å². The Labute approximate surface area is 93.0 Å². The van der Waals surface area contributed by atoms with Gasteiger partial charge in [-0.25, -0.2) is 0 Å². The van der Waals surface area contributed by atoms with Crippen LogP contribution in [-0.4, -0.2) is 19.5 Å². The zero-order valence-electron chi connectivity index (χ0n) is 7.39. The van der Waals surface area contributed by atoms with Crippen molar-refractivity contribution in [3.63, 3.8) is 0 Å². The fourth-order valence-corrected chi connectivity index (χ4v) is 0.468. The van der Waals surface area contributed by atoms with Crippen molar-refractivity contribution >= 4 is 0 Å². The summed E-state index contributed by atoms with van der Waals surface area (Å²) in [7, 11) is 0. The largest absolute Gasteiger partial charge is 0.355 e. The van der Waals surface area contributed by atoms with Crippen LogP contribution in [0.2, 0.25) is 0 Å². The lowest BCUT2D eigenvalue weighted by molar-refractivity contribution is -0.0847. The first-order valence-corrected chi connectivity index (χ1v) is 3.82. The molecule has 0 N–H and O–H groups in total. The molecule has 0 aliphatic carbocycles. The monoisotopic (exact) mass is 210 g/mol. The van der Waals surface area contributed by atoms with Gasteiger partial charge in [-0.15, -0.1) is 0 Å². The summed E-state index contributed by atoms with van der Waals surface area (Å²) in [5, 5.41) is 0.